The van der Waals surface area contributed by atoms with Gasteiger partial charge in [-0.1, -0.05) is 18.6 Å². The quantitative estimate of drug-likeness (QED) is 0.819. The molecule has 0 spiro atoms. The van der Waals surface area contributed by atoms with Crippen LogP contribution in [0.15, 0.2) is 11.6 Å². The number of nitrogens with zero attached hydrogens (tertiary/aromatic N) is 1. The zero-order valence-corrected chi connectivity index (χ0v) is 12.0. The van der Waals surface area contributed by atoms with E-state index >= 15 is 0 Å². The van der Waals surface area contributed by atoms with Crippen molar-refractivity contribution >= 4 is 5.91 Å². The Morgan fingerprint density at radius 3 is 2.89 bits per heavy atom. The smallest absolute Gasteiger partial charge is 0.272 e. The van der Waals surface area contributed by atoms with Crippen LogP contribution in [-0.2, 0) is 6.42 Å². The lowest BCUT2D eigenvalue weighted by Gasteiger charge is -2.20. The van der Waals surface area contributed by atoms with Crippen molar-refractivity contribution in [1.82, 2.24) is 15.5 Å². The number of aromatic amines is 1. The van der Waals surface area contributed by atoms with Gasteiger partial charge < -0.3 is 5.32 Å². The van der Waals surface area contributed by atoms with Crippen LogP contribution in [0.5, 0.6) is 0 Å². The number of allylic oxidation sites excluding steroid dienone is 1. The minimum absolute atomic E-state index is 0.0765. The van der Waals surface area contributed by atoms with Crippen LogP contribution >= 0.6 is 0 Å². The predicted molar refractivity (Wildman–Crippen MR) is 76.2 cm³/mol. The van der Waals surface area contributed by atoms with Crippen molar-refractivity contribution < 1.29 is 4.79 Å². The maximum atomic E-state index is 12.2. The molecule has 1 aromatic rings. The van der Waals surface area contributed by atoms with Gasteiger partial charge in [-0.15, -0.1) is 0 Å². The lowest BCUT2D eigenvalue weighted by Crippen LogP contribution is -2.35. The molecule has 0 bridgehead atoms. The Morgan fingerprint density at radius 1 is 1.53 bits per heavy atom. The van der Waals surface area contributed by atoms with Crippen LogP contribution in [0, 0.1) is 6.92 Å². The van der Waals surface area contributed by atoms with Crippen molar-refractivity contribution in [3.05, 3.63) is 28.6 Å². The Labute approximate surface area is 114 Å². The van der Waals surface area contributed by atoms with Gasteiger partial charge in [0.1, 0.15) is 0 Å². The van der Waals surface area contributed by atoms with E-state index in [0.717, 1.165) is 30.5 Å². The van der Waals surface area contributed by atoms with Gasteiger partial charge in [-0.3, -0.25) is 9.89 Å². The first-order valence-corrected chi connectivity index (χ1v) is 7.17. The number of amides is 1. The van der Waals surface area contributed by atoms with Crippen LogP contribution in [-0.4, -0.2) is 22.1 Å². The molecule has 0 fully saturated rings. The maximum absolute atomic E-state index is 12.2. The number of H-pyrrole nitrogens is 1. The topological polar surface area (TPSA) is 57.8 Å². The molecule has 0 unspecified atom stereocenters. The summed E-state index contributed by atoms with van der Waals surface area (Å²) in [4.78, 5) is 12.2. The molecule has 0 saturated heterocycles. The summed E-state index contributed by atoms with van der Waals surface area (Å²) in [7, 11) is 0. The average molecular weight is 261 g/mol. The monoisotopic (exact) mass is 261 g/mol. The summed E-state index contributed by atoms with van der Waals surface area (Å²) in [5.74, 6) is -0.0765. The third kappa shape index (κ3) is 3.06. The standard InChI is InChI=1S/C15H23N3O/c1-4-13-10(2)14(18-17-13)15(19)16-11(3)12-8-6-5-7-9-12/h8,11H,4-7,9H2,1-3H3,(H,16,19)(H,17,18)/t11-/m0/s1. The second-order valence-electron chi connectivity index (χ2n) is 5.25. The van der Waals surface area contributed by atoms with Crippen LogP contribution in [0.25, 0.3) is 0 Å². The van der Waals surface area contributed by atoms with Gasteiger partial charge in [-0.05, 0) is 46.0 Å². The number of hydrogen-bond donors (Lipinski definition) is 2. The lowest BCUT2D eigenvalue weighted by atomic mass is 9.94. The highest BCUT2D eigenvalue weighted by Crippen LogP contribution is 2.20. The predicted octanol–water partition coefficient (Wildman–Crippen LogP) is 2.90. The molecule has 104 valence electrons. The van der Waals surface area contributed by atoms with Gasteiger partial charge in [0, 0.05) is 17.3 Å². The zero-order valence-electron chi connectivity index (χ0n) is 12.0. The van der Waals surface area contributed by atoms with Crippen molar-refractivity contribution in [2.45, 2.75) is 58.9 Å². The molecule has 2 rings (SSSR count). The van der Waals surface area contributed by atoms with Gasteiger partial charge in [-0.25, -0.2) is 0 Å². The highest BCUT2D eigenvalue weighted by Gasteiger charge is 2.19. The summed E-state index contributed by atoms with van der Waals surface area (Å²) in [5, 5.41) is 10.1. The summed E-state index contributed by atoms with van der Waals surface area (Å²) in [6.07, 6.45) is 7.87. The van der Waals surface area contributed by atoms with Crippen LogP contribution in [0.2, 0.25) is 0 Å². The number of rotatable bonds is 4. The number of carbonyl (C=O) groups excluding carboxylic acids is 1. The van der Waals surface area contributed by atoms with E-state index in [4.69, 9.17) is 0 Å². The van der Waals surface area contributed by atoms with Crippen molar-refractivity contribution in [2.24, 2.45) is 0 Å². The molecule has 1 aromatic heterocycles. The number of aryl methyl sites for hydroxylation is 1. The molecule has 2 N–H and O–H groups in total. The first-order chi connectivity index (χ1) is 9.13. The molecule has 1 aliphatic carbocycles. The van der Waals surface area contributed by atoms with E-state index in [9.17, 15) is 4.79 Å². The first kappa shape index (κ1) is 13.8. The lowest BCUT2D eigenvalue weighted by molar-refractivity contribution is 0.0939. The summed E-state index contributed by atoms with van der Waals surface area (Å²) < 4.78 is 0. The highest BCUT2D eigenvalue weighted by molar-refractivity contribution is 5.94. The van der Waals surface area contributed by atoms with Crippen LogP contribution in [0.4, 0.5) is 0 Å². The van der Waals surface area contributed by atoms with Gasteiger partial charge in [0.25, 0.3) is 5.91 Å². The second-order valence-corrected chi connectivity index (χ2v) is 5.25. The average Bonchev–Trinajstić information content (AvgIpc) is 2.80. The Kier molecular flexibility index (Phi) is 4.40. The zero-order chi connectivity index (χ0) is 13.8. The number of nitrogens with one attached hydrogen (secondary N) is 2. The highest BCUT2D eigenvalue weighted by atomic mass is 16.2. The van der Waals surface area contributed by atoms with E-state index in [-0.39, 0.29) is 11.9 Å². The minimum Gasteiger partial charge on any atom is -0.344 e. The van der Waals surface area contributed by atoms with Crippen LogP contribution in [0.3, 0.4) is 0 Å². The van der Waals surface area contributed by atoms with E-state index in [0.29, 0.717) is 5.69 Å². The molecule has 4 nitrogen and oxygen atoms in total. The number of carbonyl (C=O) groups is 1. The van der Waals surface area contributed by atoms with Crippen LogP contribution in [0.1, 0.15) is 61.3 Å². The van der Waals surface area contributed by atoms with Gasteiger partial charge in [0.2, 0.25) is 0 Å². The Bertz CT molecular complexity index is 488. The molecule has 4 heteroatoms. The van der Waals surface area contributed by atoms with E-state index in [1.807, 2.05) is 6.92 Å². The molecular formula is C15H23N3O. The Morgan fingerprint density at radius 2 is 2.32 bits per heavy atom. The fraction of sp³-hybridized carbons (Fsp3) is 0.600. The SMILES string of the molecule is CCc1[nH]nc(C(=O)N[C@@H](C)C2=CCCCC2)c1C. The van der Waals surface area contributed by atoms with Crippen molar-refractivity contribution in [3.8, 4) is 0 Å². The minimum atomic E-state index is -0.0765. The second kappa shape index (κ2) is 6.04. The molecule has 19 heavy (non-hydrogen) atoms. The summed E-state index contributed by atoms with van der Waals surface area (Å²) in [6.45, 7) is 6.05. The maximum Gasteiger partial charge on any atom is 0.272 e. The molecular weight excluding hydrogens is 238 g/mol. The summed E-state index contributed by atoms with van der Waals surface area (Å²) in [5.41, 5.74) is 3.88. The molecule has 0 aliphatic heterocycles. The van der Waals surface area contributed by atoms with Crippen molar-refractivity contribution in [2.75, 3.05) is 0 Å². The van der Waals surface area contributed by atoms with Gasteiger partial charge in [0.05, 0.1) is 0 Å². The fourth-order valence-electron chi connectivity index (χ4n) is 2.61. The van der Waals surface area contributed by atoms with E-state index in [1.54, 1.807) is 0 Å². The first-order valence-electron chi connectivity index (χ1n) is 7.17. The van der Waals surface area contributed by atoms with Gasteiger partial charge >= 0.3 is 0 Å². The normalized spacial score (nSPS) is 16.9. The Hall–Kier alpha value is -1.58. The van der Waals surface area contributed by atoms with Crippen LogP contribution < -0.4 is 5.32 Å². The largest absolute Gasteiger partial charge is 0.344 e. The number of aromatic nitrogens is 2. The van der Waals surface area contributed by atoms with Crippen molar-refractivity contribution in [1.29, 1.82) is 0 Å². The molecule has 0 saturated carbocycles. The summed E-state index contributed by atoms with van der Waals surface area (Å²) in [6, 6.07) is 0.106. The summed E-state index contributed by atoms with van der Waals surface area (Å²) >= 11 is 0. The van der Waals surface area contributed by atoms with Gasteiger partial charge in [0.15, 0.2) is 5.69 Å². The molecule has 1 heterocycles. The number of hydrogen-bond acceptors (Lipinski definition) is 2. The fourth-order valence-corrected chi connectivity index (χ4v) is 2.61. The molecule has 0 radical (unpaired) electrons. The van der Waals surface area contributed by atoms with Gasteiger partial charge in [-0.2, -0.15) is 5.10 Å². The Balaban J connectivity index is 2.04. The third-order valence-electron chi connectivity index (χ3n) is 3.91. The van der Waals surface area contributed by atoms with E-state index < -0.39 is 0 Å². The van der Waals surface area contributed by atoms with E-state index in [1.165, 1.54) is 18.4 Å². The van der Waals surface area contributed by atoms with E-state index in [2.05, 4.69) is 35.4 Å². The molecule has 1 amide bonds. The molecule has 1 atom stereocenters. The molecule has 1 aliphatic rings. The molecule has 0 aromatic carbocycles. The third-order valence-corrected chi connectivity index (χ3v) is 3.91. The van der Waals surface area contributed by atoms with Crippen molar-refractivity contribution in [3.63, 3.8) is 0 Å².